The Morgan fingerprint density at radius 2 is 1.82 bits per heavy atom. The average Bonchev–Trinajstić information content (AvgIpc) is 2.80. The van der Waals surface area contributed by atoms with E-state index in [0.717, 1.165) is 69.3 Å². The van der Waals surface area contributed by atoms with Crippen molar-refractivity contribution < 1.29 is 23.9 Å². The lowest BCUT2D eigenvalue weighted by atomic mass is 9.73. The molecule has 2 atom stereocenters. The van der Waals surface area contributed by atoms with Gasteiger partial charge in [-0.3, -0.25) is 4.48 Å². The molecule has 1 aromatic carbocycles. The van der Waals surface area contributed by atoms with Crippen LogP contribution in [-0.2, 0) is 11.2 Å². The van der Waals surface area contributed by atoms with Gasteiger partial charge in [0.25, 0.3) is 0 Å². The van der Waals surface area contributed by atoms with E-state index in [9.17, 15) is 9.90 Å². The second-order valence-electron chi connectivity index (χ2n) is 9.93. The van der Waals surface area contributed by atoms with Crippen molar-refractivity contribution in [2.24, 2.45) is 5.92 Å². The molecule has 2 unspecified atom stereocenters. The van der Waals surface area contributed by atoms with E-state index in [4.69, 9.17) is 9.47 Å². The van der Waals surface area contributed by atoms with Gasteiger partial charge in [-0.1, -0.05) is 43.6 Å². The highest BCUT2D eigenvalue weighted by molar-refractivity contribution is 5.66. The quantitative estimate of drug-likeness (QED) is 0.0855. The summed E-state index contributed by atoms with van der Waals surface area (Å²) >= 11 is 0. The van der Waals surface area contributed by atoms with Gasteiger partial charge in [0, 0.05) is 11.5 Å². The van der Waals surface area contributed by atoms with Crippen molar-refractivity contribution in [2.75, 3.05) is 26.4 Å². The van der Waals surface area contributed by atoms with Crippen molar-refractivity contribution in [1.82, 2.24) is 0 Å². The molecule has 190 valence electrons. The number of hydrogen-bond donors (Lipinski definition) is 1. The van der Waals surface area contributed by atoms with E-state index in [2.05, 4.69) is 47.3 Å². The lowest BCUT2D eigenvalue weighted by Crippen LogP contribution is -2.49. The Bertz CT molecular complexity index is 861. The fourth-order valence-corrected chi connectivity index (χ4v) is 4.97. The first-order chi connectivity index (χ1) is 16.2. The third-order valence-electron chi connectivity index (χ3n) is 7.62. The first-order valence-corrected chi connectivity index (χ1v) is 13.1. The normalized spacial score (nSPS) is 18.4. The average molecular weight is 473 g/mol. The maximum absolute atomic E-state index is 12.8. The summed E-state index contributed by atoms with van der Waals surface area (Å²) in [7, 11) is 0. The highest BCUT2D eigenvalue weighted by Crippen LogP contribution is 2.47. The fraction of sp³-hybridized carbons (Fsp3) is 0.621. The molecule has 0 saturated heterocycles. The van der Waals surface area contributed by atoms with E-state index in [0.29, 0.717) is 15.8 Å². The van der Waals surface area contributed by atoms with E-state index < -0.39 is 6.16 Å². The molecule has 34 heavy (non-hydrogen) atoms. The van der Waals surface area contributed by atoms with Crippen LogP contribution >= 0.6 is 0 Å². The minimum Gasteiger partial charge on any atom is -0.507 e. The maximum Gasteiger partial charge on any atom is 0.518 e. The number of quaternary nitrogens is 1. The molecule has 1 aromatic rings. The largest absolute Gasteiger partial charge is 0.518 e. The zero-order chi connectivity index (χ0) is 25.3. The summed E-state index contributed by atoms with van der Waals surface area (Å²) in [5, 5.41) is 11.2. The topological polar surface area (TPSA) is 55.8 Å². The lowest BCUT2D eigenvalue weighted by Gasteiger charge is -2.34. The number of rotatable bonds is 12. The summed E-state index contributed by atoms with van der Waals surface area (Å²) in [4.78, 5) is 12.8. The molecular weight excluding hydrogens is 426 g/mol. The van der Waals surface area contributed by atoms with Crippen LogP contribution in [0.25, 0.3) is 0 Å². The molecule has 5 heteroatoms. The van der Waals surface area contributed by atoms with Crippen LogP contribution in [0.15, 0.2) is 35.9 Å². The number of aromatic hydroxyl groups is 1. The fourth-order valence-electron chi connectivity index (χ4n) is 4.97. The van der Waals surface area contributed by atoms with E-state index in [1.165, 1.54) is 5.57 Å². The lowest BCUT2D eigenvalue weighted by molar-refractivity contribution is -0.939. The van der Waals surface area contributed by atoms with Gasteiger partial charge in [0.1, 0.15) is 11.5 Å². The van der Waals surface area contributed by atoms with Crippen LogP contribution in [-0.4, -0.2) is 42.1 Å². The van der Waals surface area contributed by atoms with Crippen LogP contribution in [0.1, 0.15) is 90.7 Å². The van der Waals surface area contributed by atoms with Crippen molar-refractivity contribution in [2.45, 2.75) is 86.0 Å². The molecule has 0 saturated carbocycles. The first-order valence-electron chi connectivity index (χ1n) is 13.1. The molecule has 2 rings (SSSR count). The number of hydrogen-bond acceptors (Lipinski definition) is 4. The minimum atomic E-state index is -0.715. The third-order valence-corrected chi connectivity index (χ3v) is 7.62. The Labute approximate surface area is 207 Å². The number of phenolic OH excluding ortho intramolecular Hbond substituents is 1. The molecular formula is C29H46NO4+. The number of nitrogens with zero attached hydrogens (tertiary/aromatic N) is 1. The molecule has 1 aliphatic rings. The summed E-state index contributed by atoms with van der Waals surface area (Å²) < 4.78 is 12.1. The monoisotopic (exact) mass is 472 g/mol. The van der Waals surface area contributed by atoms with E-state index in [1.807, 2.05) is 19.1 Å². The molecule has 0 fully saturated rings. The Kier molecular flexibility index (Phi) is 10.7. The zero-order valence-corrected chi connectivity index (χ0v) is 22.3. The number of allylic oxidation sites excluding steroid dienone is 3. The summed E-state index contributed by atoms with van der Waals surface area (Å²) in [6.07, 6.45) is 7.55. The van der Waals surface area contributed by atoms with Gasteiger partial charge in [-0.05, 0) is 83.9 Å². The zero-order valence-electron chi connectivity index (χ0n) is 22.3. The van der Waals surface area contributed by atoms with Gasteiger partial charge in [0.15, 0.2) is 0 Å². The second-order valence-corrected chi connectivity index (χ2v) is 9.93. The Balaban J connectivity index is 2.41. The van der Waals surface area contributed by atoms with Gasteiger partial charge < -0.3 is 14.6 Å². The van der Waals surface area contributed by atoms with E-state index in [-0.39, 0.29) is 24.3 Å². The Morgan fingerprint density at radius 1 is 1.15 bits per heavy atom. The minimum absolute atomic E-state index is 0.0875. The summed E-state index contributed by atoms with van der Waals surface area (Å²) in [5.41, 5.74) is 3.98. The summed E-state index contributed by atoms with van der Waals surface area (Å²) in [5.74, 6) is 0.681. The molecule has 0 heterocycles. The Morgan fingerprint density at radius 3 is 2.41 bits per heavy atom. The number of benzene rings is 1. The van der Waals surface area contributed by atoms with Crippen LogP contribution < -0.4 is 4.74 Å². The number of carbonyl (C=O) groups excluding carboxylic acids is 1. The van der Waals surface area contributed by atoms with Crippen LogP contribution in [0.4, 0.5) is 4.79 Å². The van der Waals surface area contributed by atoms with Gasteiger partial charge in [0.05, 0.1) is 19.6 Å². The highest BCUT2D eigenvalue weighted by atomic mass is 16.7. The predicted octanol–water partition coefficient (Wildman–Crippen LogP) is 7.49. The van der Waals surface area contributed by atoms with Gasteiger partial charge in [-0.2, -0.15) is 0 Å². The maximum atomic E-state index is 12.8. The van der Waals surface area contributed by atoms with Crippen molar-refractivity contribution in [3.63, 3.8) is 0 Å². The highest BCUT2D eigenvalue weighted by Gasteiger charge is 2.32. The third kappa shape index (κ3) is 7.11. The number of phenols is 1. The SMILES string of the molecule is C=C(C)C1CCC(C)=CC1c1c(O)cc(CCCCC)cc1OC(=O)OC[N+](CC)(CC)CC. The molecule has 0 spiro atoms. The molecule has 0 bridgehead atoms. The van der Waals surface area contributed by atoms with Crippen LogP contribution in [0.3, 0.4) is 0 Å². The van der Waals surface area contributed by atoms with Crippen LogP contribution in [0, 0.1) is 5.92 Å². The van der Waals surface area contributed by atoms with Gasteiger partial charge >= 0.3 is 6.16 Å². The molecule has 0 amide bonds. The standard InChI is InChI=1S/C29H45NO4/c1-8-12-13-14-23-18-26(31)28(25-17-22(7)15-16-24(25)21(5)6)27(19-23)34-29(32)33-20-30(9-2,10-3)11-4/h17-19,24-25H,5,8-16,20H2,1-4,6-7H3/p+1. The van der Waals surface area contributed by atoms with Crippen molar-refractivity contribution in [1.29, 1.82) is 0 Å². The molecule has 1 N–H and O–H groups in total. The molecule has 1 aliphatic carbocycles. The molecule has 0 aliphatic heterocycles. The number of unbranched alkanes of at least 4 members (excludes halogenated alkanes) is 2. The van der Waals surface area contributed by atoms with Crippen molar-refractivity contribution in [3.05, 3.63) is 47.1 Å². The summed E-state index contributed by atoms with van der Waals surface area (Å²) in [6.45, 7) is 19.8. The summed E-state index contributed by atoms with van der Waals surface area (Å²) in [6, 6.07) is 3.75. The number of aryl methyl sites for hydroxylation is 1. The number of carbonyl (C=O) groups is 1. The van der Waals surface area contributed by atoms with Crippen LogP contribution in [0.5, 0.6) is 11.5 Å². The van der Waals surface area contributed by atoms with Crippen molar-refractivity contribution >= 4 is 6.16 Å². The van der Waals surface area contributed by atoms with E-state index in [1.54, 1.807) is 0 Å². The second kappa shape index (κ2) is 13.0. The molecule has 0 aromatic heterocycles. The predicted molar refractivity (Wildman–Crippen MR) is 139 cm³/mol. The Hall–Kier alpha value is -2.27. The molecule has 0 radical (unpaired) electrons. The number of ether oxygens (including phenoxy) is 2. The van der Waals surface area contributed by atoms with Gasteiger partial charge in [-0.25, -0.2) is 4.79 Å². The van der Waals surface area contributed by atoms with Crippen molar-refractivity contribution in [3.8, 4) is 11.5 Å². The van der Waals surface area contributed by atoms with Crippen LogP contribution in [0.2, 0.25) is 0 Å². The van der Waals surface area contributed by atoms with Gasteiger partial charge in [0.2, 0.25) is 6.73 Å². The van der Waals surface area contributed by atoms with Gasteiger partial charge in [-0.15, -0.1) is 0 Å². The van der Waals surface area contributed by atoms with E-state index >= 15 is 0 Å². The smallest absolute Gasteiger partial charge is 0.507 e. The first kappa shape index (κ1) is 28.0. The molecule has 5 nitrogen and oxygen atoms in total.